The average molecular weight is 345 g/mol. The van der Waals surface area contributed by atoms with Crippen LogP contribution < -0.4 is 5.32 Å². The van der Waals surface area contributed by atoms with Crippen LogP contribution in [0.2, 0.25) is 0 Å². The summed E-state index contributed by atoms with van der Waals surface area (Å²) in [6.07, 6.45) is 1.70. The Labute approximate surface area is 149 Å². The SMILES string of the molecule is O=C(C=C1Nc2ccccc2C2=NCCN12)c1csc2ccccc12. The lowest BCUT2D eigenvalue weighted by atomic mass is 10.1. The van der Waals surface area contributed by atoms with Crippen molar-refractivity contribution in [3.8, 4) is 0 Å². The number of fused-ring (bicyclic) bond motifs is 4. The van der Waals surface area contributed by atoms with Crippen LogP contribution in [0, 0.1) is 0 Å². The monoisotopic (exact) mass is 345 g/mol. The van der Waals surface area contributed by atoms with Crippen LogP contribution in [0.5, 0.6) is 0 Å². The first-order chi connectivity index (χ1) is 12.3. The number of nitrogens with zero attached hydrogens (tertiary/aromatic N) is 2. The predicted octanol–water partition coefficient (Wildman–Crippen LogP) is 4.11. The molecule has 0 saturated heterocycles. The average Bonchev–Trinajstić information content (AvgIpc) is 3.29. The Hall–Kier alpha value is -2.92. The van der Waals surface area contributed by atoms with Gasteiger partial charge in [0.25, 0.3) is 0 Å². The summed E-state index contributed by atoms with van der Waals surface area (Å²) in [5.74, 6) is 1.77. The lowest BCUT2D eigenvalue weighted by Crippen LogP contribution is -2.36. The van der Waals surface area contributed by atoms with Crippen molar-refractivity contribution in [3.05, 3.63) is 76.9 Å². The zero-order valence-electron chi connectivity index (χ0n) is 13.4. The van der Waals surface area contributed by atoms with E-state index in [9.17, 15) is 4.79 Å². The fraction of sp³-hybridized carbons (Fsp3) is 0.100. The highest BCUT2D eigenvalue weighted by molar-refractivity contribution is 7.17. The Morgan fingerprint density at radius 1 is 1.16 bits per heavy atom. The standard InChI is InChI=1S/C20H15N3OS/c24-17(15-12-25-18-8-4-2-5-13(15)18)11-19-22-16-7-3-1-6-14(16)20-21-9-10-23(19)20/h1-8,11-12,22H,9-10H2. The number of carbonyl (C=O) groups is 1. The summed E-state index contributed by atoms with van der Waals surface area (Å²) < 4.78 is 1.13. The molecule has 2 aromatic carbocycles. The third kappa shape index (κ3) is 2.27. The number of thiophene rings is 1. The number of hydrogen-bond acceptors (Lipinski definition) is 5. The minimum absolute atomic E-state index is 0.0191. The fourth-order valence-electron chi connectivity index (χ4n) is 3.39. The van der Waals surface area contributed by atoms with Crippen molar-refractivity contribution in [3.63, 3.8) is 0 Å². The number of allylic oxidation sites excluding steroid dienone is 1. The Morgan fingerprint density at radius 2 is 2.00 bits per heavy atom. The van der Waals surface area contributed by atoms with Gasteiger partial charge in [0.2, 0.25) is 0 Å². The largest absolute Gasteiger partial charge is 0.341 e. The highest BCUT2D eigenvalue weighted by Gasteiger charge is 2.29. The Morgan fingerprint density at radius 3 is 2.96 bits per heavy atom. The molecular formula is C20H15N3OS. The summed E-state index contributed by atoms with van der Waals surface area (Å²) in [5.41, 5.74) is 2.84. The normalized spacial score (nSPS) is 17.2. The summed E-state index contributed by atoms with van der Waals surface area (Å²) in [7, 11) is 0. The van der Waals surface area contributed by atoms with Gasteiger partial charge in [-0.2, -0.15) is 0 Å². The molecular weight excluding hydrogens is 330 g/mol. The van der Waals surface area contributed by atoms with Gasteiger partial charge in [0.15, 0.2) is 5.78 Å². The molecule has 2 aliphatic heterocycles. The van der Waals surface area contributed by atoms with Crippen LogP contribution >= 0.6 is 11.3 Å². The van der Waals surface area contributed by atoms with E-state index in [-0.39, 0.29) is 5.78 Å². The number of benzene rings is 2. The number of carbonyl (C=O) groups excluding carboxylic acids is 1. The van der Waals surface area contributed by atoms with Gasteiger partial charge in [-0.25, -0.2) is 0 Å². The molecule has 1 N–H and O–H groups in total. The van der Waals surface area contributed by atoms with Crippen molar-refractivity contribution >= 4 is 38.7 Å². The first kappa shape index (κ1) is 14.4. The highest BCUT2D eigenvalue weighted by atomic mass is 32.1. The molecule has 3 aromatic rings. The van der Waals surface area contributed by atoms with Crippen LogP contribution in [0.15, 0.2) is 70.8 Å². The minimum atomic E-state index is 0.0191. The number of ketones is 1. The van der Waals surface area contributed by atoms with E-state index >= 15 is 0 Å². The summed E-state index contributed by atoms with van der Waals surface area (Å²) >= 11 is 1.60. The van der Waals surface area contributed by atoms with Gasteiger partial charge in [-0.05, 0) is 18.2 Å². The van der Waals surface area contributed by atoms with Crippen molar-refractivity contribution in [1.29, 1.82) is 0 Å². The lowest BCUT2D eigenvalue weighted by Gasteiger charge is -2.31. The third-order valence-corrected chi connectivity index (χ3v) is 5.54. The second-order valence-corrected chi connectivity index (χ2v) is 6.98. The molecule has 0 saturated carbocycles. The number of nitrogens with one attached hydrogen (secondary N) is 1. The zero-order chi connectivity index (χ0) is 16.8. The molecule has 0 atom stereocenters. The second kappa shape index (κ2) is 5.57. The van der Waals surface area contributed by atoms with Crippen molar-refractivity contribution in [2.24, 2.45) is 4.99 Å². The molecule has 0 amide bonds. The van der Waals surface area contributed by atoms with Crippen LogP contribution in [-0.2, 0) is 0 Å². The Bertz CT molecular complexity index is 1060. The quantitative estimate of drug-likeness (QED) is 0.561. The van der Waals surface area contributed by atoms with Gasteiger partial charge in [-0.3, -0.25) is 9.79 Å². The molecule has 0 aliphatic carbocycles. The van der Waals surface area contributed by atoms with Crippen LogP contribution in [0.1, 0.15) is 15.9 Å². The molecule has 4 nitrogen and oxygen atoms in total. The first-order valence-corrected chi connectivity index (χ1v) is 9.10. The van der Waals surface area contributed by atoms with E-state index in [0.717, 1.165) is 51.6 Å². The molecule has 0 radical (unpaired) electrons. The smallest absolute Gasteiger partial charge is 0.190 e. The summed E-state index contributed by atoms with van der Waals surface area (Å²) in [5, 5.41) is 6.36. The second-order valence-electron chi connectivity index (χ2n) is 6.07. The maximum atomic E-state index is 12.9. The van der Waals surface area contributed by atoms with Crippen LogP contribution in [0.4, 0.5) is 5.69 Å². The van der Waals surface area contributed by atoms with Gasteiger partial charge < -0.3 is 10.2 Å². The van der Waals surface area contributed by atoms with Gasteiger partial charge in [-0.15, -0.1) is 11.3 Å². The van der Waals surface area contributed by atoms with Gasteiger partial charge in [0, 0.05) is 39.2 Å². The van der Waals surface area contributed by atoms with Gasteiger partial charge in [0.05, 0.1) is 12.2 Å². The van der Waals surface area contributed by atoms with Crippen LogP contribution in [0.3, 0.4) is 0 Å². The van der Waals surface area contributed by atoms with E-state index < -0.39 is 0 Å². The number of hydrogen-bond donors (Lipinski definition) is 1. The van der Waals surface area contributed by atoms with Gasteiger partial charge in [-0.1, -0.05) is 30.3 Å². The molecule has 0 unspecified atom stereocenters. The topological polar surface area (TPSA) is 44.7 Å². The summed E-state index contributed by atoms with van der Waals surface area (Å²) in [6.45, 7) is 1.54. The number of rotatable bonds is 2. The molecule has 5 rings (SSSR count). The Kier molecular flexibility index (Phi) is 3.21. The summed E-state index contributed by atoms with van der Waals surface area (Å²) in [6, 6.07) is 16.1. The molecule has 0 spiro atoms. The number of anilines is 1. The van der Waals surface area contributed by atoms with Crippen LogP contribution in [-0.4, -0.2) is 29.6 Å². The minimum Gasteiger partial charge on any atom is -0.341 e. The lowest BCUT2D eigenvalue weighted by molar-refractivity contribution is 0.104. The molecule has 1 aromatic heterocycles. The van der Waals surface area contributed by atoms with Crippen molar-refractivity contribution in [2.75, 3.05) is 18.4 Å². The van der Waals surface area contributed by atoms with Gasteiger partial charge >= 0.3 is 0 Å². The maximum absolute atomic E-state index is 12.9. The van der Waals surface area contributed by atoms with E-state index in [1.54, 1.807) is 17.4 Å². The number of aliphatic imine (C=N–C) groups is 1. The fourth-order valence-corrected chi connectivity index (χ4v) is 4.34. The molecule has 2 aliphatic rings. The van der Waals surface area contributed by atoms with E-state index in [1.807, 2.05) is 47.8 Å². The molecule has 0 fully saturated rings. The summed E-state index contributed by atoms with van der Waals surface area (Å²) in [4.78, 5) is 19.6. The molecule has 5 heteroatoms. The van der Waals surface area contributed by atoms with E-state index in [2.05, 4.69) is 21.3 Å². The van der Waals surface area contributed by atoms with Crippen molar-refractivity contribution in [2.45, 2.75) is 0 Å². The highest BCUT2D eigenvalue weighted by Crippen LogP contribution is 2.31. The van der Waals surface area contributed by atoms with E-state index in [0.29, 0.717) is 0 Å². The third-order valence-electron chi connectivity index (χ3n) is 4.58. The predicted molar refractivity (Wildman–Crippen MR) is 102 cm³/mol. The molecule has 122 valence electrons. The van der Waals surface area contributed by atoms with Crippen LogP contribution in [0.25, 0.3) is 10.1 Å². The van der Waals surface area contributed by atoms with E-state index in [1.165, 1.54) is 0 Å². The van der Waals surface area contributed by atoms with Gasteiger partial charge in [0.1, 0.15) is 11.7 Å². The van der Waals surface area contributed by atoms with Crippen molar-refractivity contribution in [1.82, 2.24) is 4.90 Å². The molecule has 0 bridgehead atoms. The zero-order valence-corrected chi connectivity index (χ0v) is 14.2. The number of para-hydroxylation sites is 1. The van der Waals surface area contributed by atoms with E-state index in [4.69, 9.17) is 0 Å². The van der Waals surface area contributed by atoms with Crippen molar-refractivity contribution < 1.29 is 4.79 Å². The molecule has 25 heavy (non-hydrogen) atoms. The maximum Gasteiger partial charge on any atom is 0.190 e. The Balaban J connectivity index is 1.57. The molecule has 3 heterocycles. The number of amidine groups is 1. The first-order valence-electron chi connectivity index (χ1n) is 8.22.